The third-order valence-electron chi connectivity index (χ3n) is 9.58. The molecule has 0 atom stereocenters. The molecule has 0 radical (unpaired) electrons. The molecular weight excluding hydrogens is 518 g/mol. The Morgan fingerprint density at radius 3 is 1.86 bits per heavy atom. The molecule has 0 aliphatic heterocycles. The van der Waals surface area contributed by atoms with Crippen molar-refractivity contribution in [2.45, 2.75) is 97.3 Å². The molecule has 6 rings (SSSR count). The first-order valence-corrected chi connectivity index (χ1v) is 16.8. The van der Waals surface area contributed by atoms with Gasteiger partial charge in [-0.15, -0.1) is 0 Å². The largest absolute Gasteiger partial charge is 0.248 e. The Bertz CT molecular complexity index is 1680. The number of hydrogen-bond acceptors (Lipinski definition) is 1. The zero-order valence-electron chi connectivity index (χ0n) is 26.7. The molecule has 0 spiro atoms. The first-order chi connectivity index (χ1) is 21.0. The van der Waals surface area contributed by atoms with E-state index in [1.54, 1.807) is 0 Å². The number of aryl methyl sites for hydroxylation is 2. The van der Waals surface area contributed by atoms with Crippen LogP contribution in [0.5, 0.6) is 0 Å². The van der Waals surface area contributed by atoms with Crippen molar-refractivity contribution in [1.29, 1.82) is 0 Å². The minimum absolute atomic E-state index is 0.0468. The summed E-state index contributed by atoms with van der Waals surface area (Å²) in [5.41, 5.74) is 14.4. The monoisotopic (exact) mass is 565 g/mol. The lowest BCUT2D eigenvalue weighted by atomic mass is 9.82. The summed E-state index contributed by atoms with van der Waals surface area (Å²) in [4.78, 5) is 5.32. The average Bonchev–Trinajstić information content (AvgIpc) is 3.26. The Morgan fingerprint density at radius 2 is 1.19 bits per heavy atom. The molecule has 1 aliphatic carbocycles. The molecule has 1 heteroatoms. The van der Waals surface area contributed by atoms with Gasteiger partial charge in [-0.25, -0.2) is 4.98 Å². The van der Waals surface area contributed by atoms with Crippen LogP contribution in [-0.4, -0.2) is 4.98 Å². The number of fused-ring (bicyclic) bond motifs is 4. The average molecular weight is 566 g/mol. The van der Waals surface area contributed by atoms with Gasteiger partial charge in [-0.1, -0.05) is 139 Å². The van der Waals surface area contributed by atoms with Crippen LogP contribution < -0.4 is 0 Å². The first-order valence-electron chi connectivity index (χ1n) is 16.8. The molecule has 1 nitrogen and oxygen atoms in total. The second-order valence-corrected chi connectivity index (χ2v) is 13.2. The lowest BCUT2D eigenvalue weighted by molar-refractivity contribution is 0.661. The van der Waals surface area contributed by atoms with Crippen molar-refractivity contribution in [2.24, 2.45) is 0 Å². The molecule has 220 valence electrons. The highest BCUT2D eigenvalue weighted by atomic mass is 14.7. The maximum absolute atomic E-state index is 5.32. The molecule has 0 N–H and O–H groups in total. The van der Waals surface area contributed by atoms with E-state index in [1.807, 2.05) is 0 Å². The van der Waals surface area contributed by atoms with E-state index in [0.717, 1.165) is 24.1 Å². The normalized spacial score (nSPS) is 13.3. The number of rotatable bonds is 12. The van der Waals surface area contributed by atoms with Gasteiger partial charge in [0.15, 0.2) is 0 Å². The Morgan fingerprint density at radius 1 is 0.535 bits per heavy atom. The number of unbranched alkanes of at least 4 members (excludes halogenated alkanes) is 6. The summed E-state index contributed by atoms with van der Waals surface area (Å²) in [7, 11) is 0. The summed E-state index contributed by atoms with van der Waals surface area (Å²) in [6.45, 7) is 9.31. The van der Waals surface area contributed by atoms with Crippen LogP contribution in [0.4, 0.5) is 0 Å². The minimum atomic E-state index is -0.0468. The van der Waals surface area contributed by atoms with Crippen molar-refractivity contribution in [3.05, 3.63) is 113 Å². The summed E-state index contributed by atoms with van der Waals surface area (Å²) >= 11 is 0. The molecule has 1 heterocycles. The number of pyridine rings is 1. The Kier molecular flexibility index (Phi) is 8.80. The molecular formula is C42H47N. The Hall–Kier alpha value is -3.71. The summed E-state index contributed by atoms with van der Waals surface area (Å²) < 4.78 is 0. The summed E-state index contributed by atoms with van der Waals surface area (Å²) in [6.07, 6.45) is 12.6. The van der Waals surface area contributed by atoms with Gasteiger partial charge >= 0.3 is 0 Å². The number of nitrogens with zero attached hydrogens (tertiary/aromatic N) is 1. The van der Waals surface area contributed by atoms with Crippen LogP contribution in [0.15, 0.2) is 91.0 Å². The molecule has 43 heavy (non-hydrogen) atoms. The van der Waals surface area contributed by atoms with E-state index in [0.29, 0.717) is 0 Å². The van der Waals surface area contributed by atoms with E-state index in [1.165, 1.54) is 107 Å². The Labute approximate surface area is 259 Å². The third kappa shape index (κ3) is 6.05. The quantitative estimate of drug-likeness (QED) is 0.137. The van der Waals surface area contributed by atoms with Crippen LogP contribution >= 0.6 is 0 Å². The van der Waals surface area contributed by atoms with Crippen molar-refractivity contribution in [3.8, 4) is 33.5 Å². The molecule has 1 aliphatic rings. The highest BCUT2D eigenvalue weighted by molar-refractivity contribution is 6.01. The molecule has 0 saturated heterocycles. The molecule has 0 amide bonds. The molecule has 4 aromatic carbocycles. The maximum atomic E-state index is 5.32. The first kappa shape index (κ1) is 29.4. The van der Waals surface area contributed by atoms with E-state index in [-0.39, 0.29) is 5.41 Å². The fourth-order valence-corrected chi connectivity index (χ4v) is 7.14. The smallest absolute Gasteiger partial charge is 0.0719 e. The fraction of sp³-hybridized carbons (Fsp3) is 0.357. The molecule has 0 bridgehead atoms. The van der Waals surface area contributed by atoms with Crippen LogP contribution in [0, 0.1) is 0 Å². The van der Waals surface area contributed by atoms with Gasteiger partial charge in [-0.3, -0.25) is 0 Å². The van der Waals surface area contributed by atoms with Gasteiger partial charge in [0.2, 0.25) is 0 Å². The highest BCUT2D eigenvalue weighted by Gasteiger charge is 2.35. The highest BCUT2D eigenvalue weighted by Crippen LogP contribution is 2.50. The SMILES string of the molecule is CCCCCCc1cc(CCCCCC)cc(-c2cc(-c3ccccc3)nc3cc4c(cc23)-c2ccccc2C4(C)C)c1. The molecule has 5 aromatic rings. The van der Waals surface area contributed by atoms with Crippen molar-refractivity contribution >= 4 is 10.9 Å². The zero-order valence-corrected chi connectivity index (χ0v) is 26.7. The van der Waals surface area contributed by atoms with Crippen molar-refractivity contribution in [1.82, 2.24) is 4.98 Å². The summed E-state index contributed by atoms with van der Waals surface area (Å²) in [6, 6.07) is 34.3. The van der Waals surface area contributed by atoms with Gasteiger partial charge in [-0.2, -0.15) is 0 Å². The van der Waals surface area contributed by atoms with Crippen molar-refractivity contribution in [2.75, 3.05) is 0 Å². The van der Waals surface area contributed by atoms with Gasteiger partial charge < -0.3 is 0 Å². The van der Waals surface area contributed by atoms with Crippen LogP contribution in [0.25, 0.3) is 44.4 Å². The summed E-state index contributed by atoms with van der Waals surface area (Å²) in [5, 5.41) is 1.26. The van der Waals surface area contributed by atoms with Crippen LogP contribution in [0.3, 0.4) is 0 Å². The predicted molar refractivity (Wildman–Crippen MR) is 186 cm³/mol. The molecule has 0 fully saturated rings. The van der Waals surface area contributed by atoms with Crippen LogP contribution in [-0.2, 0) is 18.3 Å². The molecule has 0 unspecified atom stereocenters. The van der Waals surface area contributed by atoms with E-state index in [2.05, 4.69) is 119 Å². The number of benzene rings is 4. The van der Waals surface area contributed by atoms with Gasteiger partial charge in [-0.05, 0) is 88.4 Å². The van der Waals surface area contributed by atoms with E-state index >= 15 is 0 Å². The predicted octanol–water partition coefficient (Wildman–Crippen LogP) is 12.1. The fourth-order valence-electron chi connectivity index (χ4n) is 7.14. The van der Waals surface area contributed by atoms with Gasteiger partial charge in [0.25, 0.3) is 0 Å². The van der Waals surface area contributed by atoms with Crippen molar-refractivity contribution in [3.63, 3.8) is 0 Å². The molecule has 0 saturated carbocycles. The standard InChI is InChI=1S/C42H47N/c1-5-7-9-12-18-30-24-31(19-13-10-8-6-2)26-33(25-30)35-28-40(32-20-14-11-15-21-32)43-41-29-39-36(27-37(35)41)34-22-16-17-23-38(34)42(39,3)4/h11,14-17,20-29H,5-10,12-13,18-19H2,1-4H3. The van der Waals surface area contributed by atoms with Gasteiger partial charge in [0.1, 0.15) is 0 Å². The number of aromatic nitrogens is 1. The van der Waals surface area contributed by atoms with E-state index in [9.17, 15) is 0 Å². The van der Waals surface area contributed by atoms with Crippen LogP contribution in [0.1, 0.15) is 101 Å². The minimum Gasteiger partial charge on any atom is -0.248 e. The third-order valence-corrected chi connectivity index (χ3v) is 9.58. The maximum Gasteiger partial charge on any atom is 0.0719 e. The second kappa shape index (κ2) is 12.9. The lowest BCUT2D eigenvalue weighted by Crippen LogP contribution is -2.14. The Balaban J connectivity index is 1.53. The summed E-state index contributed by atoms with van der Waals surface area (Å²) in [5.74, 6) is 0. The van der Waals surface area contributed by atoms with E-state index in [4.69, 9.17) is 4.98 Å². The van der Waals surface area contributed by atoms with Gasteiger partial charge in [0.05, 0.1) is 11.2 Å². The number of hydrogen-bond donors (Lipinski definition) is 0. The molecule has 1 aromatic heterocycles. The second-order valence-electron chi connectivity index (χ2n) is 13.2. The lowest BCUT2D eigenvalue weighted by Gasteiger charge is -2.22. The van der Waals surface area contributed by atoms with Gasteiger partial charge in [0, 0.05) is 16.4 Å². The van der Waals surface area contributed by atoms with Crippen molar-refractivity contribution < 1.29 is 0 Å². The van der Waals surface area contributed by atoms with E-state index < -0.39 is 0 Å². The van der Waals surface area contributed by atoms with Crippen LogP contribution in [0.2, 0.25) is 0 Å². The topological polar surface area (TPSA) is 12.9 Å². The zero-order chi connectivity index (χ0) is 29.8.